The molecule has 0 aliphatic carbocycles. The molecule has 0 aliphatic heterocycles. The summed E-state index contributed by atoms with van der Waals surface area (Å²) in [5.41, 5.74) is 1.16. The van der Waals surface area contributed by atoms with Crippen LogP contribution in [0.25, 0.3) is 5.65 Å². The fourth-order valence-corrected chi connectivity index (χ4v) is 2.66. The molecule has 106 valence electrons. The normalized spacial score (nSPS) is 10.7. The van der Waals surface area contributed by atoms with Crippen LogP contribution in [0, 0.1) is 6.92 Å². The number of carbonyl (C=O) groups excluding carboxylic acids is 1. The molecule has 0 atom stereocenters. The number of carbonyl (C=O) groups is 1. The van der Waals surface area contributed by atoms with Crippen LogP contribution in [0.3, 0.4) is 0 Å². The molecule has 0 saturated heterocycles. The van der Waals surface area contributed by atoms with E-state index in [-0.39, 0.29) is 11.1 Å². The lowest BCUT2D eigenvalue weighted by Gasteiger charge is -2.06. The molecule has 0 aliphatic rings. The standard InChI is InChI=1S/C15H13N3O2S/c1-10-4-5-13-16-8-12(15(20)18(13)9-10)14(19)17-7-11-3-2-6-21-11/h2-6,8-9H,7H2,1H3,(H,17,19). The van der Waals surface area contributed by atoms with Crippen molar-refractivity contribution in [1.29, 1.82) is 0 Å². The van der Waals surface area contributed by atoms with Crippen LogP contribution in [-0.4, -0.2) is 15.3 Å². The molecule has 3 rings (SSSR count). The first-order valence-electron chi connectivity index (χ1n) is 6.44. The molecule has 3 aromatic heterocycles. The van der Waals surface area contributed by atoms with E-state index in [2.05, 4.69) is 10.3 Å². The second-order valence-electron chi connectivity index (χ2n) is 4.67. The number of amides is 1. The zero-order valence-electron chi connectivity index (χ0n) is 11.4. The van der Waals surface area contributed by atoms with Crippen LogP contribution < -0.4 is 10.9 Å². The SMILES string of the molecule is Cc1ccc2ncc(C(=O)NCc3cccs3)c(=O)n2c1. The van der Waals surface area contributed by atoms with E-state index in [1.54, 1.807) is 23.6 Å². The number of hydrogen-bond acceptors (Lipinski definition) is 4. The summed E-state index contributed by atoms with van der Waals surface area (Å²) in [6.07, 6.45) is 3.01. The van der Waals surface area contributed by atoms with Gasteiger partial charge in [-0.2, -0.15) is 0 Å². The highest BCUT2D eigenvalue weighted by atomic mass is 32.1. The van der Waals surface area contributed by atoms with E-state index in [0.29, 0.717) is 12.2 Å². The van der Waals surface area contributed by atoms with Crippen LogP contribution in [0.4, 0.5) is 0 Å². The molecule has 6 heteroatoms. The fraction of sp³-hybridized carbons (Fsp3) is 0.133. The zero-order chi connectivity index (χ0) is 14.8. The molecule has 0 bridgehead atoms. The Kier molecular flexibility index (Phi) is 3.53. The molecule has 0 radical (unpaired) electrons. The highest BCUT2D eigenvalue weighted by Gasteiger charge is 2.13. The van der Waals surface area contributed by atoms with E-state index >= 15 is 0 Å². The lowest BCUT2D eigenvalue weighted by molar-refractivity contribution is 0.0949. The number of fused-ring (bicyclic) bond motifs is 1. The molecule has 0 unspecified atom stereocenters. The number of pyridine rings is 1. The van der Waals surface area contributed by atoms with Crippen molar-refractivity contribution < 1.29 is 4.79 Å². The van der Waals surface area contributed by atoms with Crippen molar-refractivity contribution in [3.8, 4) is 0 Å². The van der Waals surface area contributed by atoms with Gasteiger partial charge < -0.3 is 5.32 Å². The molecule has 1 N–H and O–H groups in total. The smallest absolute Gasteiger partial charge is 0.270 e. The van der Waals surface area contributed by atoms with Gasteiger partial charge in [0.15, 0.2) is 0 Å². The Balaban J connectivity index is 1.91. The van der Waals surface area contributed by atoms with Crippen molar-refractivity contribution in [2.45, 2.75) is 13.5 Å². The largest absolute Gasteiger partial charge is 0.347 e. The van der Waals surface area contributed by atoms with Gasteiger partial charge in [0.05, 0.1) is 6.54 Å². The monoisotopic (exact) mass is 299 g/mol. The highest BCUT2D eigenvalue weighted by Crippen LogP contribution is 2.08. The first-order valence-corrected chi connectivity index (χ1v) is 7.32. The van der Waals surface area contributed by atoms with Crippen LogP contribution in [0.5, 0.6) is 0 Å². The topological polar surface area (TPSA) is 63.5 Å². The molecular formula is C15H13N3O2S. The molecule has 1 amide bonds. The summed E-state index contributed by atoms with van der Waals surface area (Å²) in [7, 11) is 0. The third-order valence-corrected chi connectivity index (χ3v) is 3.97. The summed E-state index contributed by atoms with van der Waals surface area (Å²) in [6.45, 7) is 2.29. The van der Waals surface area contributed by atoms with E-state index in [0.717, 1.165) is 10.4 Å². The van der Waals surface area contributed by atoms with Gasteiger partial charge >= 0.3 is 0 Å². The first kappa shape index (κ1) is 13.5. The second kappa shape index (κ2) is 5.49. The lowest BCUT2D eigenvalue weighted by atomic mass is 10.2. The van der Waals surface area contributed by atoms with Gasteiger partial charge in [-0.05, 0) is 30.0 Å². The third kappa shape index (κ3) is 2.71. The predicted octanol–water partition coefficient (Wildman–Crippen LogP) is 1.99. The van der Waals surface area contributed by atoms with Gasteiger partial charge in [-0.3, -0.25) is 14.0 Å². The van der Waals surface area contributed by atoms with Crippen molar-refractivity contribution in [3.05, 3.63) is 68.4 Å². The Morgan fingerprint density at radius 1 is 1.38 bits per heavy atom. The summed E-state index contributed by atoms with van der Waals surface area (Å²) in [5, 5.41) is 4.68. The maximum atomic E-state index is 12.3. The van der Waals surface area contributed by atoms with Crippen LogP contribution in [0.15, 0.2) is 46.8 Å². The van der Waals surface area contributed by atoms with Crippen molar-refractivity contribution in [2.75, 3.05) is 0 Å². The average molecular weight is 299 g/mol. The van der Waals surface area contributed by atoms with Crippen molar-refractivity contribution >= 4 is 22.9 Å². The molecule has 0 aromatic carbocycles. The number of rotatable bonds is 3. The number of aromatic nitrogens is 2. The van der Waals surface area contributed by atoms with E-state index < -0.39 is 5.91 Å². The zero-order valence-corrected chi connectivity index (χ0v) is 12.2. The fourth-order valence-electron chi connectivity index (χ4n) is 2.01. The Bertz CT molecular complexity index is 853. The molecular weight excluding hydrogens is 286 g/mol. The Labute approximate surface area is 124 Å². The van der Waals surface area contributed by atoms with E-state index in [1.807, 2.05) is 30.5 Å². The van der Waals surface area contributed by atoms with Gasteiger partial charge in [0.1, 0.15) is 11.2 Å². The Morgan fingerprint density at radius 2 is 2.24 bits per heavy atom. The quantitative estimate of drug-likeness (QED) is 0.804. The highest BCUT2D eigenvalue weighted by molar-refractivity contribution is 7.09. The molecule has 0 spiro atoms. The summed E-state index contributed by atoms with van der Waals surface area (Å²) < 4.78 is 1.40. The van der Waals surface area contributed by atoms with Gasteiger partial charge in [0.2, 0.25) is 0 Å². The third-order valence-electron chi connectivity index (χ3n) is 3.10. The predicted molar refractivity (Wildman–Crippen MR) is 81.7 cm³/mol. The first-order chi connectivity index (χ1) is 10.1. The molecule has 21 heavy (non-hydrogen) atoms. The molecule has 3 aromatic rings. The van der Waals surface area contributed by atoms with E-state index in [1.165, 1.54) is 10.6 Å². The molecule has 0 fully saturated rings. The Hall–Kier alpha value is -2.47. The maximum absolute atomic E-state index is 12.3. The van der Waals surface area contributed by atoms with E-state index in [9.17, 15) is 9.59 Å². The van der Waals surface area contributed by atoms with Gasteiger partial charge in [0.25, 0.3) is 11.5 Å². The minimum Gasteiger partial charge on any atom is -0.347 e. The lowest BCUT2D eigenvalue weighted by Crippen LogP contribution is -2.31. The van der Waals surface area contributed by atoms with Crippen molar-refractivity contribution in [3.63, 3.8) is 0 Å². The van der Waals surface area contributed by atoms with Crippen molar-refractivity contribution in [1.82, 2.24) is 14.7 Å². The number of nitrogens with zero attached hydrogens (tertiary/aromatic N) is 2. The second-order valence-corrected chi connectivity index (χ2v) is 5.71. The molecule has 5 nitrogen and oxygen atoms in total. The number of thiophene rings is 1. The summed E-state index contributed by atoms with van der Waals surface area (Å²) in [4.78, 5) is 29.7. The number of hydrogen-bond donors (Lipinski definition) is 1. The van der Waals surface area contributed by atoms with E-state index in [4.69, 9.17) is 0 Å². The summed E-state index contributed by atoms with van der Waals surface area (Å²) >= 11 is 1.56. The summed E-state index contributed by atoms with van der Waals surface area (Å²) in [6, 6.07) is 7.48. The van der Waals surface area contributed by atoms with Gasteiger partial charge in [-0.15, -0.1) is 11.3 Å². The van der Waals surface area contributed by atoms with Crippen LogP contribution in [-0.2, 0) is 6.54 Å². The van der Waals surface area contributed by atoms with Crippen molar-refractivity contribution in [2.24, 2.45) is 0 Å². The van der Waals surface area contributed by atoms with Crippen LogP contribution >= 0.6 is 11.3 Å². The van der Waals surface area contributed by atoms with Crippen LogP contribution in [0.1, 0.15) is 20.8 Å². The minimum absolute atomic E-state index is 0.0506. The Morgan fingerprint density at radius 3 is 3.00 bits per heavy atom. The number of nitrogens with one attached hydrogen (secondary N) is 1. The molecule has 0 saturated carbocycles. The average Bonchev–Trinajstić information content (AvgIpc) is 2.99. The van der Waals surface area contributed by atoms with Gasteiger partial charge in [-0.25, -0.2) is 4.98 Å². The molecule has 3 heterocycles. The van der Waals surface area contributed by atoms with Crippen LogP contribution in [0.2, 0.25) is 0 Å². The minimum atomic E-state index is -0.406. The van der Waals surface area contributed by atoms with Gasteiger partial charge in [0, 0.05) is 17.3 Å². The van der Waals surface area contributed by atoms with Gasteiger partial charge in [-0.1, -0.05) is 12.1 Å². The maximum Gasteiger partial charge on any atom is 0.270 e. The summed E-state index contributed by atoms with van der Waals surface area (Å²) in [5.74, 6) is -0.406. The number of aryl methyl sites for hydroxylation is 1.